The Morgan fingerprint density at radius 2 is 2.08 bits per heavy atom. The van der Waals surface area contributed by atoms with E-state index in [-0.39, 0.29) is 38.2 Å². The molecule has 4 heterocycles. The summed E-state index contributed by atoms with van der Waals surface area (Å²) >= 11 is 1.57. The summed E-state index contributed by atoms with van der Waals surface area (Å²) < 4.78 is 5.78. The van der Waals surface area contributed by atoms with Crippen molar-refractivity contribution in [2.75, 3.05) is 19.8 Å². The van der Waals surface area contributed by atoms with Gasteiger partial charge >= 0.3 is 5.97 Å². The number of likely N-dealkylation sites (tertiary alicyclic amines) is 1. The highest BCUT2D eigenvalue weighted by atomic mass is 32.2. The van der Waals surface area contributed by atoms with Gasteiger partial charge in [-0.25, -0.2) is 4.68 Å². The Balaban J connectivity index is 1.56. The van der Waals surface area contributed by atoms with Gasteiger partial charge < -0.3 is 19.6 Å². The fourth-order valence-electron chi connectivity index (χ4n) is 6.77. The lowest BCUT2D eigenvalue weighted by Gasteiger charge is -2.39. The fourth-order valence-corrected chi connectivity index (χ4v) is 9.09. The Labute approximate surface area is 232 Å². The standard InChI is InChI=1S/C28H35N5O5S/c1-5-14-31(17-32-20-11-9-8-10-19(20)29-30-32)25(36)23-28-13-12-27(4,39-28)22(26(37)38-15-6-2)21(28)24(35)33(23)18(7-3)16-34/h5-6,8-11,18,21-23,34H,1-2,7,12-17H2,3-4H3/t18-,21-,22+,23?,27-,28?/m0/s1. The second-order valence-electron chi connectivity index (χ2n) is 10.7. The van der Waals surface area contributed by atoms with E-state index in [1.54, 1.807) is 32.3 Å². The number of fused-ring (bicyclic) bond motifs is 2. The first kappa shape index (κ1) is 27.4. The van der Waals surface area contributed by atoms with E-state index in [1.165, 1.54) is 6.08 Å². The zero-order valence-electron chi connectivity index (χ0n) is 22.4. The van der Waals surface area contributed by atoms with Crippen LogP contribution in [0, 0.1) is 11.8 Å². The molecule has 3 saturated heterocycles. The van der Waals surface area contributed by atoms with E-state index >= 15 is 0 Å². The molecule has 3 aliphatic heterocycles. The van der Waals surface area contributed by atoms with Crippen LogP contribution < -0.4 is 0 Å². The fraction of sp³-hybridized carbons (Fsp3) is 0.536. The Kier molecular flexibility index (Phi) is 7.32. The van der Waals surface area contributed by atoms with Crippen molar-refractivity contribution in [1.82, 2.24) is 24.8 Å². The number of hydrogen-bond donors (Lipinski definition) is 1. The van der Waals surface area contributed by atoms with Crippen molar-refractivity contribution in [2.24, 2.45) is 11.8 Å². The molecule has 208 valence electrons. The largest absolute Gasteiger partial charge is 0.461 e. The number of thioether (sulfide) groups is 1. The van der Waals surface area contributed by atoms with Crippen LogP contribution >= 0.6 is 11.8 Å². The molecule has 1 N–H and O–H groups in total. The molecule has 2 aromatic rings. The summed E-state index contributed by atoms with van der Waals surface area (Å²) in [7, 11) is 0. The van der Waals surface area contributed by atoms with Gasteiger partial charge in [-0.15, -0.1) is 23.4 Å². The number of ether oxygens (including phenoxy) is 1. The first-order valence-corrected chi connectivity index (χ1v) is 14.2. The summed E-state index contributed by atoms with van der Waals surface area (Å²) in [4.78, 5) is 45.3. The van der Waals surface area contributed by atoms with Crippen molar-refractivity contribution in [2.45, 2.75) is 61.4 Å². The van der Waals surface area contributed by atoms with Crippen molar-refractivity contribution in [3.8, 4) is 0 Å². The normalized spacial score (nSPS) is 29.9. The number of aliphatic hydroxyl groups is 1. The van der Waals surface area contributed by atoms with E-state index < -0.39 is 39.4 Å². The van der Waals surface area contributed by atoms with Gasteiger partial charge in [0, 0.05) is 11.3 Å². The van der Waals surface area contributed by atoms with Gasteiger partial charge in [0.2, 0.25) is 11.8 Å². The van der Waals surface area contributed by atoms with Crippen molar-refractivity contribution in [1.29, 1.82) is 0 Å². The number of carbonyl (C=O) groups excluding carboxylic acids is 3. The van der Waals surface area contributed by atoms with E-state index in [4.69, 9.17) is 4.74 Å². The molecule has 0 saturated carbocycles. The minimum absolute atomic E-state index is 0.0588. The molecule has 0 radical (unpaired) electrons. The highest BCUT2D eigenvalue weighted by Gasteiger charge is 2.78. The van der Waals surface area contributed by atoms with Gasteiger partial charge in [0.25, 0.3) is 0 Å². The summed E-state index contributed by atoms with van der Waals surface area (Å²) in [5.74, 6) is -2.37. The third-order valence-corrected chi connectivity index (χ3v) is 10.5. The maximum Gasteiger partial charge on any atom is 0.311 e. The van der Waals surface area contributed by atoms with Crippen LogP contribution in [0.1, 0.15) is 33.1 Å². The van der Waals surface area contributed by atoms with Crippen LogP contribution in [-0.4, -0.2) is 89.0 Å². The average Bonchev–Trinajstić information content (AvgIpc) is 3.63. The first-order chi connectivity index (χ1) is 18.8. The van der Waals surface area contributed by atoms with Crippen molar-refractivity contribution in [3.63, 3.8) is 0 Å². The lowest BCUT2D eigenvalue weighted by Crippen LogP contribution is -2.57. The Bertz CT molecular complexity index is 1310. The van der Waals surface area contributed by atoms with E-state index in [0.29, 0.717) is 24.8 Å². The monoisotopic (exact) mass is 553 g/mol. The van der Waals surface area contributed by atoms with Crippen LogP contribution in [-0.2, 0) is 25.8 Å². The topological polar surface area (TPSA) is 118 Å². The Hall–Kier alpha value is -3.18. The number of esters is 1. The number of aliphatic hydroxyl groups excluding tert-OH is 1. The molecule has 1 aromatic heterocycles. The third kappa shape index (κ3) is 4.17. The summed E-state index contributed by atoms with van der Waals surface area (Å²) in [5.41, 5.74) is 1.50. The first-order valence-electron chi connectivity index (χ1n) is 13.3. The van der Waals surface area contributed by atoms with Crippen LogP contribution in [0.25, 0.3) is 11.0 Å². The van der Waals surface area contributed by atoms with E-state index in [1.807, 2.05) is 38.1 Å². The molecular formula is C28H35N5O5S. The molecule has 39 heavy (non-hydrogen) atoms. The third-order valence-electron chi connectivity index (χ3n) is 8.51. The number of hydrogen-bond acceptors (Lipinski definition) is 8. The molecule has 3 aliphatic rings. The molecule has 1 spiro atoms. The molecule has 6 atom stereocenters. The molecule has 0 aliphatic carbocycles. The van der Waals surface area contributed by atoms with Crippen molar-refractivity contribution < 1.29 is 24.2 Å². The highest BCUT2D eigenvalue weighted by Crippen LogP contribution is 2.71. The van der Waals surface area contributed by atoms with E-state index in [0.717, 1.165) is 5.52 Å². The molecule has 1 aromatic carbocycles. The molecule has 5 rings (SSSR count). The minimum Gasteiger partial charge on any atom is -0.461 e. The van der Waals surface area contributed by atoms with Crippen LogP contribution in [0.5, 0.6) is 0 Å². The van der Waals surface area contributed by atoms with Crippen LogP contribution in [0.4, 0.5) is 0 Å². The molecular weight excluding hydrogens is 518 g/mol. The minimum atomic E-state index is -0.856. The number of rotatable bonds is 11. The Morgan fingerprint density at radius 3 is 2.77 bits per heavy atom. The van der Waals surface area contributed by atoms with E-state index in [2.05, 4.69) is 23.5 Å². The summed E-state index contributed by atoms with van der Waals surface area (Å²) in [6, 6.07) is 6.09. The van der Waals surface area contributed by atoms with Gasteiger partial charge in [-0.2, -0.15) is 0 Å². The molecule has 2 amide bonds. The lowest BCUT2D eigenvalue weighted by atomic mass is 9.66. The van der Waals surface area contributed by atoms with Crippen LogP contribution in [0.2, 0.25) is 0 Å². The van der Waals surface area contributed by atoms with Gasteiger partial charge in [0.05, 0.1) is 34.7 Å². The number of nitrogens with zero attached hydrogens (tertiary/aromatic N) is 5. The predicted octanol–water partition coefficient (Wildman–Crippen LogP) is 2.38. The maximum absolute atomic E-state index is 14.6. The quantitative estimate of drug-likeness (QED) is 0.333. The second-order valence-corrected chi connectivity index (χ2v) is 12.6. The number of amides is 2. The van der Waals surface area contributed by atoms with Crippen molar-refractivity contribution in [3.05, 3.63) is 49.6 Å². The highest BCUT2D eigenvalue weighted by molar-refractivity contribution is 8.02. The van der Waals surface area contributed by atoms with Gasteiger partial charge in [0.1, 0.15) is 24.8 Å². The predicted molar refractivity (Wildman–Crippen MR) is 147 cm³/mol. The van der Waals surface area contributed by atoms with Crippen LogP contribution in [0.15, 0.2) is 49.6 Å². The molecule has 11 heteroatoms. The van der Waals surface area contributed by atoms with Gasteiger partial charge in [-0.3, -0.25) is 14.4 Å². The number of benzene rings is 1. The molecule has 2 unspecified atom stereocenters. The molecule has 10 nitrogen and oxygen atoms in total. The Morgan fingerprint density at radius 1 is 1.31 bits per heavy atom. The van der Waals surface area contributed by atoms with E-state index in [9.17, 15) is 19.5 Å². The zero-order chi connectivity index (χ0) is 27.9. The number of para-hydroxylation sites is 1. The number of aromatic nitrogens is 3. The van der Waals surface area contributed by atoms with Gasteiger partial charge in [-0.05, 0) is 38.3 Å². The molecule has 2 bridgehead atoms. The van der Waals surface area contributed by atoms with Gasteiger partial charge in [0.15, 0.2) is 0 Å². The maximum atomic E-state index is 14.6. The van der Waals surface area contributed by atoms with Crippen molar-refractivity contribution >= 4 is 40.6 Å². The molecule has 3 fully saturated rings. The van der Waals surface area contributed by atoms with Gasteiger partial charge in [-0.1, -0.05) is 43.0 Å². The number of carbonyl (C=O) groups is 3. The summed E-state index contributed by atoms with van der Waals surface area (Å²) in [6.07, 6.45) is 4.91. The average molecular weight is 554 g/mol. The lowest BCUT2D eigenvalue weighted by molar-refractivity contribution is -0.155. The second kappa shape index (κ2) is 10.4. The summed E-state index contributed by atoms with van der Waals surface area (Å²) in [6.45, 7) is 11.5. The zero-order valence-corrected chi connectivity index (χ0v) is 23.2. The smallest absolute Gasteiger partial charge is 0.311 e. The summed E-state index contributed by atoms with van der Waals surface area (Å²) in [5, 5.41) is 18.7. The van der Waals surface area contributed by atoms with Crippen LogP contribution in [0.3, 0.4) is 0 Å². The SMILES string of the molecule is C=CCOC(=O)[C@H]1[C@H]2C(=O)N([C@@H](CC)CO)C(C(=O)N(CC=C)Cn3nnc4ccccc43)C23CC[C@]1(C)S3.